The third-order valence-electron chi connectivity index (χ3n) is 4.34. The van der Waals surface area contributed by atoms with Crippen LogP contribution in [0.4, 0.5) is 11.5 Å². The molecule has 156 valence electrons. The molecule has 1 aromatic heterocycles. The molecule has 1 amide bonds. The van der Waals surface area contributed by atoms with E-state index in [2.05, 4.69) is 20.2 Å². The summed E-state index contributed by atoms with van der Waals surface area (Å²) >= 11 is 1.42. The van der Waals surface area contributed by atoms with E-state index in [4.69, 9.17) is 15.2 Å². The van der Waals surface area contributed by atoms with Crippen molar-refractivity contribution in [2.45, 2.75) is 12.1 Å². The second kappa shape index (κ2) is 10.3. The zero-order valence-electron chi connectivity index (χ0n) is 16.3. The number of morpholine rings is 1. The summed E-state index contributed by atoms with van der Waals surface area (Å²) in [5.41, 5.74) is 5.77. The van der Waals surface area contributed by atoms with Crippen LogP contribution in [-0.4, -0.2) is 66.0 Å². The van der Waals surface area contributed by atoms with Gasteiger partial charge in [-0.2, -0.15) is 0 Å². The molecule has 10 heteroatoms. The fraction of sp³-hybridized carbons (Fsp3) is 0.421. The standard InChI is InChI=1S/C19H25N5O4S/c1-2-28-14-5-3-13(4-6-14)17(25)21-15-16(20)22-19(23-18(15)26)29-12-9-24-7-10-27-11-8-24/h3-6H,2,7-12H2,1H3,(H,21,25)(H3,20,22,23,26). The van der Waals surface area contributed by atoms with Gasteiger partial charge < -0.3 is 20.5 Å². The molecule has 0 bridgehead atoms. The summed E-state index contributed by atoms with van der Waals surface area (Å²) in [7, 11) is 0. The number of hydrogen-bond acceptors (Lipinski definition) is 8. The Balaban J connectivity index is 1.59. The molecule has 1 fully saturated rings. The number of thioether (sulfide) groups is 1. The van der Waals surface area contributed by atoms with E-state index < -0.39 is 11.5 Å². The van der Waals surface area contributed by atoms with Gasteiger partial charge in [-0.1, -0.05) is 11.8 Å². The first kappa shape index (κ1) is 21.2. The third kappa shape index (κ3) is 5.96. The fourth-order valence-electron chi connectivity index (χ4n) is 2.81. The summed E-state index contributed by atoms with van der Waals surface area (Å²) in [6.45, 7) is 6.60. The fourth-order valence-corrected chi connectivity index (χ4v) is 3.68. The van der Waals surface area contributed by atoms with Crippen molar-refractivity contribution in [2.24, 2.45) is 0 Å². The number of anilines is 2. The molecular weight excluding hydrogens is 394 g/mol. The van der Waals surface area contributed by atoms with E-state index >= 15 is 0 Å². The summed E-state index contributed by atoms with van der Waals surface area (Å²) < 4.78 is 10.7. The number of H-pyrrole nitrogens is 1. The minimum absolute atomic E-state index is 0.0121. The largest absolute Gasteiger partial charge is 0.494 e. The van der Waals surface area contributed by atoms with E-state index in [9.17, 15) is 9.59 Å². The minimum atomic E-state index is -0.481. The SMILES string of the molecule is CCOc1ccc(C(=O)Nc2c(N)nc(SCCN3CCOCC3)[nH]c2=O)cc1. The molecule has 3 rings (SSSR count). The van der Waals surface area contributed by atoms with E-state index in [-0.39, 0.29) is 11.5 Å². The van der Waals surface area contributed by atoms with Gasteiger partial charge in [-0.3, -0.25) is 19.5 Å². The van der Waals surface area contributed by atoms with Crippen LogP contribution >= 0.6 is 11.8 Å². The van der Waals surface area contributed by atoms with Gasteiger partial charge in [0.15, 0.2) is 11.0 Å². The first-order valence-electron chi connectivity index (χ1n) is 9.43. The molecule has 2 aromatic rings. The molecule has 0 radical (unpaired) electrons. The van der Waals surface area contributed by atoms with Gasteiger partial charge in [0.1, 0.15) is 11.4 Å². The quantitative estimate of drug-likeness (QED) is 0.434. The molecule has 9 nitrogen and oxygen atoms in total. The first-order valence-corrected chi connectivity index (χ1v) is 10.4. The number of nitrogens with zero attached hydrogens (tertiary/aromatic N) is 2. The number of aromatic amines is 1. The van der Waals surface area contributed by atoms with Gasteiger partial charge in [0.05, 0.1) is 19.8 Å². The number of amides is 1. The van der Waals surface area contributed by atoms with Crippen LogP contribution < -0.4 is 21.3 Å². The lowest BCUT2D eigenvalue weighted by atomic mass is 10.2. The van der Waals surface area contributed by atoms with Crippen molar-refractivity contribution in [3.63, 3.8) is 0 Å². The van der Waals surface area contributed by atoms with Gasteiger partial charge in [0, 0.05) is 31.0 Å². The molecule has 29 heavy (non-hydrogen) atoms. The molecule has 0 atom stereocenters. The van der Waals surface area contributed by atoms with E-state index in [1.54, 1.807) is 24.3 Å². The smallest absolute Gasteiger partial charge is 0.277 e. The number of carbonyl (C=O) groups excluding carboxylic acids is 1. The van der Waals surface area contributed by atoms with Crippen LogP contribution in [0.15, 0.2) is 34.2 Å². The highest BCUT2D eigenvalue weighted by atomic mass is 32.2. The third-order valence-corrected chi connectivity index (χ3v) is 5.20. The van der Waals surface area contributed by atoms with Crippen LogP contribution in [0, 0.1) is 0 Å². The van der Waals surface area contributed by atoms with Crippen molar-refractivity contribution in [1.82, 2.24) is 14.9 Å². The highest BCUT2D eigenvalue weighted by Gasteiger charge is 2.15. The number of benzene rings is 1. The lowest BCUT2D eigenvalue weighted by Crippen LogP contribution is -2.37. The molecule has 1 aliphatic heterocycles. The number of nitrogens with two attached hydrogens (primary N) is 1. The molecule has 1 saturated heterocycles. The topological polar surface area (TPSA) is 123 Å². The van der Waals surface area contributed by atoms with Crippen molar-refractivity contribution in [2.75, 3.05) is 56.3 Å². The summed E-state index contributed by atoms with van der Waals surface area (Å²) in [5.74, 6) is 0.975. The lowest BCUT2D eigenvalue weighted by Gasteiger charge is -2.26. The van der Waals surface area contributed by atoms with Crippen LogP contribution in [-0.2, 0) is 4.74 Å². The Bertz CT molecular complexity index is 881. The van der Waals surface area contributed by atoms with Gasteiger partial charge in [-0.15, -0.1) is 0 Å². The Morgan fingerprint density at radius 1 is 1.34 bits per heavy atom. The maximum Gasteiger partial charge on any atom is 0.277 e. The van der Waals surface area contributed by atoms with Gasteiger partial charge >= 0.3 is 0 Å². The number of rotatable bonds is 8. The van der Waals surface area contributed by atoms with Crippen LogP contribution in [0.3, 0.4) is 0 Å². The average Bonchev–Trinajstić information content (AvgIpc) is 2.72. The van der Waals surface area contributed by atoms with Crippen LogP contribution in [0.2, 0.25) is 0 Å². The van der Waals surface area contributed by atoms with E-state index in [1.807, 2.05) is 6.92 Å². The average molecular weight is 420 g/mol. The molecule has 0 spiro atoms. The van der Waals surface area contributed by atoms with Crippen molar-refractivity contribution in [3.05, 3.63) is 40.2 Å². The Morgan fingerprint density at radius 3 is 2.72 bits per heavy atom. The van der Waals surface area contributed by atoms with Crippen molar-refractivity contribution in [1.29, 1.82) is 0 Å². The maximum absolute atomic E-state index is 12.4. The number of ether oxygens (including phenoxy) is 2. The van der Waals surface area contributed by atoms with E-state index in [1.165, 1.54) is 11.8 Å². The summed E-state index contributed by atoms with van der Waals surface area (Å²) in [6.07, 6.45) is 0. The highest BCUT2D eigenvalue weighted by Crippen LogP contribution is 2.18. The Labute approximate surface area is 173 Å². The number of nitrogen functional groups attached to an aromatic ring is 1. The number of aromatic nitrogens is 2. The number of carbonyl (C=O) groups is 1. The molecule has 4 N–H and O–H groups in total. The van der Waals surface area contributed by atoms with Crippen LogP contribution in [0.1, 0.15) is 17.3 Å². The van der Waals surface area contributed by atoms with E-state index in [0.29, 0.717) is 23.1 Å². The monoisotopic (exact) mass is 419 g/mol. The molecule has 0 unspecified atom stereocenters. The second-order valence-electron chi connectivity index (χ2n) is 6.35. The molecular formula is C19H25N5O4S. The van der Waals surface area contributed by atoms with E-state index in [0.717, 1.165) is 38.6 Å². The predicted molar refractivity (Wildman–Crippen MR) is 113 cm³/mol. The zero-order chi connectivity index (χ0) is 20.6. The minimum Gasteiger partial charge on any atom is -0.494 e. The Hall–Kier alpha value is -2.56. The summed E-state index contributed by atoms with van der Waals surface area (Å²) in [6, 6.07) is 6.62. The second-order valence-corrected chi connectivity index (χ2v) is 7.43. The molecule has 1 aromatic carbocycles. The predicted octanol–water partition coefficient (Wildman–Crippen LogP) is 1.43. The maximum atomic E-state index is 12.4. The van der Waals surface area contributed by atoms with Gasteiger partial charge in [0.25, 0.3) is 11.5 Å². The molecule has 2 heterocycles. The zero-order valence-corrected chi connectivity index (χ0v) is 17.1. The Morgan fingerprint density at radius 2 is 2.07 bits per heavy atom. The van der Waals surface area contributed by atoms with Crippen molar-refractivity contribution >= 4 is 29.2 Å². The van der Waals surface area contributed by atoms with Crippen LogP contribution in [0.5, 0.6) is 5.75 Å². The van der Waals surface area contributed by atoms with Gasteiger partial charge in [-0.05, 0) is 31.2 Å². The summed E-state index contributed by atoms with van der Waals surface area (Å²) in [5, 5.41) is 2.97. The molecule has 0 aliphatic carbocycles. The van der Waals surface area contributed by atoms with Crippen molar-refractivity contribution < 1.29 is 14.3 Å². The first-order chi connectivity index (χ1) is 14.1. The number of hydrogen-bond donors (Lipinski definition) is 3. The molecule has 0 saturated carbocycles. The van der Waals surface area contributed by atoms with Crippen molar-refractivity contribution in [3.8, 4) is 5.75 Å². The van der Waals surface area contributed by atoms with Crippen LogP contribution in [0.25, 0.3) is 0 Å². The van der Waals surface area contributed by atoms with Gasteiger partial charge in [-0.25, -0.2) is 4.98 Å². The molecule has 1 aliphatic rings. The summed E-state index contributed by atoms with van der Waals surface area (Å²) in [4.78, 5) is 34.0. The number of nitrogens with one attached hydrogen (secondary N) is 2. The lowest BCUT2D eigenvalue weighted by molar-refractivity contribution is 0.0410. The Kier molecular flexibility index (Phi) is 7.50. The van der Waals surface area contributed by atoms with Gasteiger partial charge in [0.2, 0.25) is 0 Å². The normalized spacial score (nSPS) is 14.5. The highest BCUT2D eigenvalue weighted by molar-refractivity contribution is 7.99.